The molecule has 0 aromatic heterocycles. The maximum atomic E-state index is 13.3. The van der Waals surface area contributed by atoms with Crippen LogP contribution in [-0.4, -0.2) is 12.5 Å². The van der Waals surface area contributed by atoms with Crippen LogP contribution in [0.1, 0.15) is 5.56 Å². The normalized spacial score (nSPS) is 13.1. The van der Waals surface area contributed by atoms with Gasteiger partial charge in [0.15, 0.2) is 12.4 Å². The van der Waals surface area contributed by atoms with Gasteiger partial charge >= 0.3 is 0 Å². The number of carbonyl (C=O) groups excluding carboxylic acids is 1. The first-order valence-corrected chi connectivity index (χ1v) is 6.33. The number of fused-ring (bicyclic) bond motifs is 1. The Balaban J connectivity index is 1.97. The molecule has 1 amide bonds. The van der Waals surface area contributed by atoms with Crippen LogP contribution in [-0.2, 0) is 4.79 Å². The summed E-state index contributed by atoms with van der Waals surface area (Å²) < 4.78 is 24.2. The number of rotatable bonds is 2. The number of carbonyl (C=O) groups is 1. The number of nitrogens with two attached hydrogens (primary N) is 1. The van der Waals surface area contributed by atoms with E-state index in [1.165, 1.54) is 12.1 Å². The highest BCUT2D eigenvalue weighted by atomic mass is 19.1. The first-order valence-electron chi connectivity index (χ1n) is 6.33. The zero-order valence-electron chi connectivity index (χ0n) is 11.3. The summed E-state index contributed by atoms with van der Waals surface area (Å²) in [5, 5.41) is 2.67. The van der Waals surface area contributed by atoms with Crippen molar-refractivity contribution in [1.82, 2.24) is 0 Å². The van der Waals surface area contributed by atoms with E-state index in [4.69, 9.17) is 15.2 Å². The highest BCUT2D eigenvalue weighted by Gasteiger charge is 2.19. The Morgan fingerprint density at radius 2 is 2.10 bits per heavy atom. The molecule has 3 rings (SSSR count). The molecule has 0 fully saturated rings. The molecule has 2 aromatic rings. The van der Waals surface area contributed by atoms with Gasteiger partial charge in [0.1, 0.15) is 17.3 Å². The summed E-state index contributed by atoms with van der Waals surface area (Å²) in [6.07, 6.45) is 0. The lowest BCUT2D eigenvalue weighted by molar-refractivity contribution is -0.118. The molecule has 108 valence electrons. The van der Waals surface area contributed by atoms with Gasteiger partial charge in [-0.3, -0.25) is 4.79 Å². The zero-order valence-corrected chi connectivity index (χ0v) is 11.3. The summed E-state index contributed by atoms with van der Waals surface area (Å²) in [5.74, 6) is 0.525. The molecule has 1 aliphatic heterocycles. The van der Waals surface area contributed by atoms with E-state index in [2.05, 4.69) is 5.32 Å². The number of nitrogen functional groups attached to an aromatic ring is 1. The fourth-order valence-corrected chi connectivity index (χ4v) is 2.01. The highest BCUT2D eigenvalue weighted by Crippen LogP contribution is 2.39. The Kier molecular flexibility index (Phi) is 3.13. The molecular weight excluding hydrogens is 275 g/mol. The van der Waals surface area contributed by atoms with Crippen LogP contribution < -0.4 is 20.5 Å². The van der Waals surface area contributed by atoms with Gasteiger partial charge in [-0.05, 0) is 18.6 Å². The lowest BCUT2D eigenvalue weighted by atomic mass is 10.2. The van der Waals surface area contributed by atoms with E-state index in [-0.39, 0.29) is 12.5 Å². The number of hydrogen-bond donors (Lipinski definition) is 2. The molecule has 0 bridgehead atoms. The summed E-state index contributed by atoms with van der Waals surface area (Å²) in [5.41, 5.74) is 7.49. The van der Waals surface area contributed by atoms with Crippen LogP contribution in [0.25, 0.3) is 0 Å². The van der Waals surface area contributed by atoms with Crippen molar-refractivity contribution >= 4 is 17.3 Å². The molecule has 21 heavy (non-hydrogen) atoms. The van der Waals surface area contributed by atoms with E-state index >= 15 is 0 Å². The predicted molar refractivity (Wildman–Crippen MR) is 76.2 cm³/mol. The van der Waals surface area contributed by atoms with E-state index in [1.54, 1.807) is 25.1 Å². The molecule has 3 N–H and O–H groups in total. The summed E-state index contributed by atoms with van der Waals surface area (Å²) in [6.45, 7) is 1.75. The molecule has 0 radical (unpaired) electrons. The van der Waals surface area contributed by atoms with E-state index in [1.807, 2.05) is 0 Å². The Hall–Kier alpha value is -2.76. The lowest BCUT2D eigenvalue weighted by Crippen LogP contribution is -2.25. The Labute approximate surface area is 120 Å². The van der Waals surface area contributed by atoms with Crippen molar-refractivity contribution in [2.75, 3.05) is 17.7 Å². The predicted octanol–water partition coefficient (Wildman–Crippen LogP) is 2.84. The number of ether oxygens (including phenoxy) is 2. The van der Waals surface area contributed by atoms with Gasteiger partial charge in [-0.15, -0.1) is 0 Å². The first-order chi connectivity index (χ1) is 10.0. The largest absolute Gasteiger partial charge is 0.481 e. The molecular formula is C15H13FN2O3. The van der Waals surface area contributed by atoms with E-state index in [0.717, 1.165) is 5.56 Å². The third kappa shape index (κ3) is 2.60. The van der Waals surface area contributed by atoms with Gasteiger partial charge in [0.25, 0.3) is 5.91 Å². The standard InChI is InChI=1S/C15H13FN2O3/c1-8-2-3-9(16)4-12(8)21-13-6-11-14(5-10(13)17)20-7-15(19)18-11/h2-6H,7,17H2,1H3,(H,18,19). The molecule has 0 saturated carbocycles. The number of benzene rings is 2. The monoisotopic (exact) mass is 288 g/mol. The summed E-state index contributed by atoms with van der Waals surface area (Å²) >= 11 is 0. The average molecular weight is 288 g/mol. The Morgan fingerprint density at radius 3 is 2.90 bits per heavy atom. The molecule has 0 saturated heterocycles. The van der Waals surface area contributed by atoms with Crippen molar-refractivity contribution in [2.24, 2.45) is 0 Å². The van der Waals surface area contributed by atoms with Crippen molar-refractivity contribution in [3.05, 3.63) is 41.7 Å². The second-order valence-corrected chi connectivity index (χ2v) is 4.73. The van der Waals surface area contributed by atoms with Gasteiger partial charge in [-0.1, -0.05) is 6.07 Å². The van der Waals surface area contributed by atoms with E-state index < -0.39 is 5.82 Å². The molecule has 1 aliphatic rings. The quantitative estimate of drug-likeness (QED) is 0.833. The van der Waals surface area contributed by atoms with Crippen LogP contribution in [0.4, 0.5) is 15.8 Å². The third-order valence-corrected chi connectivity index (χ3v) is 3.11. The van der Waals surface area contributed by atoms with Crippen LogP contribution >= 0.6 is 0 Å². The van der Waals surface area contributed by atoms with Crippen molar-refractivity contribution in [2.45, 2.75) is 6.92 Å². The molecule has 0 aliphatic carbocycles. The van der Waals surface area contributed by atoms with Gasteiger partial charge in [0.05, 0.1) is 11.4 Å². The minimum Gasteiger partial charge on any atom is -0.481 e. The highest BCUT2D eigenvalue weighted by molar-refractivity contribution is 5.96. The number of hydrogen-bond acceptors (Lipinski definition) is 4. The van der Waals surface area contributed by atoms with Gasteiger partial charge in [-0.25, -0.2) is 4.39 Å². The van der Waals surface area contributed by atoms with Crippen LogP contribution in [0.15, 0.2) is 30.3 Å². The second-order valence-electron chi connectivity index (χ2n) is 4.73. The molecule has 0 atom stereocenters. The van der Waals surface area contributed by atoms with E-state index in [0.29, 0.717) is 28.6 Å². The topological polar surface area (TPSA) is 73.6 Å². The molecule has 6 heteroatoms. The Morgan fingerprint density at radius 1 is 1.29 bits per heavy atom. The third-order valence-electron chi connectivity index (χ3n) is 3.11. The van der Waals surface area contributed by atoms with Crippen molar-refractivity contribution < 1.29 is 18.7 Å². The molecule has 0 unspecified atom stereocenters. The van der Waals surface area contributed by atoms with Crippen LogP contribution in [0.5, 0.6) is 17.2 Å². The van der Waals surface area contributed by atoms with Crippen molar-refractivity contribution in [1.29, 1.82) is 0 Å². The smallest absolute Gasteiger partial charge is 0.262 e. The van der Waals surface area contributed by atoms with E-state index in [9.17, 15) is 9.18 Å². The molecule has 1 heterocycles. The average Bonchev–Trinajstić information content (AvgIpc) is 2.44. The van der Waals surface area contributed by atoms with Gasteiger partial charge in [0.2, 0.25) is 0 Å². The van der Waals surface area contributed by atoms with Crippen LogP contribution in [0.3, 0.4) is 0 Å². The number of amides is 1. The van der Waals surface area contributed by atoms with Crippen LogP contribution in [0.2, 0.25) is 0 Å². The molecule has 2 aromatic carbocycles. The van der Waals surface area contributed by atoms with Crippen LogP contribution in [0, 0.1) is 12.7 Å². The van der Waals surface area contributed by atoms with Gasteiger partial charge < -0.3 is 20.5 Å². The lowest BCUT2D eigenvalue weighted by Gasteiger charge is -2.20. The van der Waals surface area contributed by atoms with Gasteiger partial charge in [-0.2, -0.15) is 0 Å². The number of halogens is 1. The first kappa shape index (κ1) is 13.2. The fourth-order valence-electron chi connectivity index (χ4n) is 2.01. The minimum atomic E-state index is -0.399. The summed E-state index contributed by atoms with van der Waals surface area (Å²) in [7, 11) is 0. The second kappa shape index (κ2) is 4.97. The summed E-state index contributed by atoms with van der Waals surface area (Å²) in [4.78, 5) is 11.3. The number of nitrogens with one attached hydrogen (secondary N) is 1. The number of anilines is 2. The maximum absolute atomic E-state index is 13.3. The molecule has 0 spiro atoms. The fraction of sp³-hybridized carbons (Fsp3) is 0.133. The Bertz CT molecular complexity index is 731. The SMILES string of the molecule is Cc1ccc(F)cc1Oc1cc2c(cc1N)OCC(=O)N2. The van der Waals surface area contributed by atoms with Gasteiger partial charge in [0, 0.05) is 18.2 Å². The molecule has 5 nitrogen and oxygen atoms in total. The zero-order chi connectivity index (χ0) is 15.0. The minimum absolute atomic E-state index is 0.0460. The van der Waals surface area contributed by atoms with Crippen molar-refractivity contribution in [3.8, 4) is 17.2 Å². The number of aryl methyl sites for hydroxylation is 1. The maximum Gasteiger partial charge on any atom is 0.262 e. The summed E-state index contributed by atoms with van der Waals surface area (Å²) in [6, 6.07) is 7.38. The van der Waals surface area contributed by atoms with Crippen molar-refractivity contribution in [3.63, 3.8) is 0 Å².